The number of carbonyl (C=O) groups excluding carboxylic acids is 2. The zero-order valence-electron chi connectivity index (χ0n) is 13.4. The SMILES string of the molecule is COC(=O)c1ccc2c(c1)CN(CC(=O)OC(C)(C)C)C=C2. The predicted molar refractivity (Wildman–Crippen MR) is 83.1 cm³/mol. The summed E-state index contributed by atoms with van der Waals surface area (Å²) in [6.07, 6.45) is 3.79. The lowest BCUT2D eigenvalue weighted by atomic mass is 10.0. The molecule has 1 aliphatic heterocycles. The van der Waals surface area contributed by atoms with Gasteiger partial charge < -0.3 is 14.4 Å². The fourth-order valence-electron chi connectivity index (χ4n) is 2.26. The van der Waals surface area contributed by atoms with E-state index in [-0.39, 0.29) is 18.5 Å². The summed E-state index contributed by atoms with van der Waals surface area (Å²) >= 11 is 0. The first kappa shape index (κ1) is 16.1. The summed E-state index contributed by atoms with van der Waals surface area (Å²) in [5, 5.41) is 0. The molecule has 0 N–H and O–H groups in total. The van der Waals surface area contributed by atoms with Crippen LogP contribution in [0.5, 0.6) is 0 Å². The number of benzene rings is 1. The van der Waals surface area contributed by atoms with Gasteiger partial charge in [0.05, 0.1) is 12.7 Å². The zero-order valence-corrected chi connectivity index (χ0v) is 13.4. The molecule has 0 aromatic heterocycles. The minimum atomic E-state index is -0.494. The van der Waals surface area contributed by atoms with Gasteiger partial charge in [0, 0.05) is 12.7 Å². The van der Waals surface area contributed by atoms with Crippen LogP contribution >= 0.6 is 0 Å². The van der Waals surface area contributed by atoms with Crippen LogP contribution in [0.1, 0.15) is 42.3 Å². The zero-order chi connectivity index (χ0) is 16.3. The minimum Gasteiger partial charge on any atom is -0.465 e. The number of hydrogen-bond donors (Lipinski definition) is 0. The monoisotopic (exact) mass is 303 g/mol. The van der Waals surface area contributed by atoms with Gasteiger partial charge in [0.15, 0.2) is 0 Å². The van der Waals surface area contributed by atoms with Crippen molar-refractivity contribution in [1.29, 1.82) is 0 Å². The summed E-state index contributed by atoms with van der Waals surface area (Å²) in [4.78, 5) is 25.3. The van der Waals surface area contributed by atoms with E-state index in [2.05, 4.69) is 0 Å². The Labute approximate surface area is 130 Å². The second-order valence-electron chi connectivity index (χ2n) is 6.21. The highest BCUT2D eigenvalue weighted by Crippen LogP contribution is 2.21. The highest BCUT2D eigenvalue weighted by molar-refractivity contribution is 5.90. The molecule has 0 saturated heterocycles. The number of rotatable bonds is 3. The van der Waals surface area contributed by atoms with Gasteiger partial charge in [-0.1, -0.05) is 6.07 Å². The first-order chi connectivity index (χ1) is 10.3. The largest absolute Gasteiger partial charge is 0.465 e. The fraction of sp³-hybridized carbons (Fsp3) is 0.412. The van der Waals surface area contributed by atoms with Gasteiger partial charge in [-0.05, 0) is 50.1 Å². The minimum absolute atomic E-state index is 0.176. The van der Waals surface area contributed by atoms with E-state index in [1.165, 1.54) is 7.11 Å². The smallest absolute Gasteiger partial charge is 0.337 e. The lowest BCUT2D eigenvalue weighted by Gasteiger charge is -2.27. The third kappa shape index (κ3) is 4.10. The van der Waals surface area contributed by atoms with Crippen LogP contribution in [0.25, 0.3) is 6.08 Å². The third-order valence-corrected chi connectivity index (χ3v) is 3.15. The van der Waals surface area contributed by atoms with Gasteiger partial charge in [0.1, 0.15) is 12.1 Å². The molecule has 1 aromatic rings. The second-order valence-corrected chi connectivity index (χ2v) is 6.21. The average Bonchev–Trinajstić information content (AvgIpc) is 2.43. The van der Waals surface area contributed by atoms with Gasteiger partial charge in [0.25, 0.3) is 0 Å². The van der Waals surface area contributed by atoms with E-state index in [1.807, 2.05) is 44.0 Å². The van der Waals surface area contributed by atoms with Gasteiger partial charge in [-0.25, -0.2) is 4.79 Å². The highest BCUT2D eigenvalue weighted by Gasteiger charge is 2.20. The topological polar surface area (TPSA) is 55.8 Å². The van der Waals surface area contributed by atoms with E-state index in [9.17, 15) is 9.59 Å². The molecular weight excluding hydrogens is 282 g/mol. The first-order valence-electron chi connectivity index (χ1n) is 7.14. The van der Waals surface area contributed by atoms with Crippen molar-refractivity contribution in [2.45, 2.75) is 32.9 Å². The van der Waals surface area contributed by atoms with Gasteiger partial charge in [-0.15, -0.1) is 0 Å². The van der Waals surface area contributed by atoms with Crippen LogP contribution in [0, 0.1) is 0 Å². The Bertz CT molecular complexity index is 614. The van der Waals surface area contributed by atoms with E-state index in [0.29, 0.717) is 12.1 Å². The highest BCUT2D eigenvalue weighted by atomic mass is 16.6. The molecule has 5 heteroatoms. The summed E-state index contributed by atoms with van der Waals surface area (Å²) in [5.41, 5.74) is 2.03. The van der Waals surface area contributed by atoms with Crippen LogP contribution in [0.15, 0.2) is 24.4 Å². The lowest BCUT2D eigenvalue weighted by Crippen LogP contribution is -2.33. The molecule has 1 aliphatic rings. The summed E-state index contributed by atoms with van der Waals surface area (Å²) < 4.78 is 10.0. The van der Waals surface area contributed by atoms with Crippen molar-refractivity contribution >= 4 is 18.0 Å². The number of hydrogen-bond acceptors (Lipinski definition) is 5. The summed E-state index contributed by atoms with van der Waals surface area (Å²) in [6.45, 7) is 6.25. The standard InChI is InChI=1S/C17H21NO4/c1-17(2,3)22-15(19)11-18-8-7-12-5-6-13(16(20)21-4)9-14(12)10-18/h5-9H,10-11H2,1-4H3. The van der Waals surface area contributed by atoms with Crippen LogP contribution in [-0.2, 0) is 20.8 Å². The van der Waals surface area contributed by atoms with E-state index in [0.717, 1.165) is 11.1 Å². The second kappa shape index (κ2) is 6.22. The molecule has 0 radical (unpaired) electrons. The van der Waals surface area contributed by atoms with Crippen molar-refractivity contribution in [3.63, 3.8) is 0 Å². The molecule has 0 spiro atoms. The van der Waals surface area contributed by atoms with Crippen molar-refractivity contribution in [2.24, 2.45) is 0 Å². The maximum Gasteiger partial charge on any atom is 0.337 e. The van der Waals surface area contributed by atoms with Crippen molar-refractivity contribution < 1.29 is 19.1 Å². The quantitative estimate of drug-likeness (QED) is 0.803. The Morgan fingerprint density at radius 1 is 1.27 bits per heavy atom. The maximum atomic E-state index is 11.9. The Hall–Kier alpha value is -2.30. The molecule has 0 amide bonds. The Morgan fingerprint density at radius 3 is 2.64 bits per heavy atom. The molecule has 118 valence electrons. The molecular formula is C17H21NO4. The Balaban J connectivity index is 2.07. The van der Waals surface area contributed by atoms with Gasteiger partial charge in [0.2, 0.25) is 0 Å². The van der Waals surface area contributed by atoms with Crippen LogP contribution < -0.4 is 0 Å². The average molecular weight is 303 g/mol. The molecule has 0 aliphatic carbocycles. The van der Waals surface area contributed by atoms with Crippen molar-refractivity contribution in [3.8, 4) is 0 Å². The van der Waals surface area contributed by atoms with Crippen LogP contribution in [-0.4, -0.2) is 36.1 Å². The number of esters is 2. The van der Waals surface area contributed by atoms with Gasteiger partial charge in [-0.2, -0.15) is 0 Å². The van der Waals surface area contributed by atoms with Crippen molar-refractivity contribution in [1.82, 2.24) is 4.90 Å². The number of fused-ring (bicyclic) bond motifs is 1. The van der Waals surface area contributed by atoms with E-state index < -0.39 is 5.60 Å². The molecule has 0 atom stereocenters. The Morgan fingerprint density at radius 2 is 2.00 bits per heavy atom. The fourth-order valence-corrected chi connectivity index (χ4v) is 2.26. The number of carbonyl (C=O) groups is 2. The first-order valence-corrected chi connectivity index (χ1v) is 7.14. The molecule has 0 fully saturated rings. The molecule has 5 nitrogen and oxygen atoms in total. The van der Waals surface area contributed by atoms with E-state index in [4.69, 9.17) is 9.47 Å². The Kier molecular flexibility index (Phi) is 4.54. The molecule has 1 aromatic carbocycles. The normalized spacial score (nSPS) is 13.5. The van der Waals surface area contributed by atoms with Gasteiger partial charge >= 0.3 is 11.9 Å². The maximum absolute atomic E-state index is 11.9. The molecule has 0 saturated carbocycles. The van der Waals surface area contributed by atoms with Crippen LogP contribution in [0.2, 0.25) is 0 Å². The van der Waals surface area contributed by atoms with Gasteiger partial charge in [-0.3, -0.25) is 4.79 Å². The van der Waals surface area contributed by atoms with Crippen molar-refractivity contribution in [2.75, 3.05) is 13.7 Å². The lowest BCUT2D eigenvalue weighted by molar-refractivity contribution is -0.155. The molecule has 1 heterocycles. The van der Waals surface area contributed by atoms with E-state index in [1.54, 1.807) is 12.1 Å². The van der Waals surface area contributed by atoms with Crippen LogP contribution in [0.3, 0.4) is 0 Å². The summed E-state index contributed by atoms with van der Waals surface area (Å²) in [7, 11) is 1.36. The molecule has 22 heavy (non-hydrogen) atoms. The molecule has 0 bridgehead atoms. The molecule has 0 unspecified atom stereocenters. The summed E-state index contributed by atoms with van der Waals surface area (Å²) in [6, 6.07) is 5.41. The number of methoxy groups -OCH3 is 1. The third-order valence-electron chi connectivity index (χ3n) is 3.15. The predicted octanol–water partition coefficient (Wildman–Crippen LogP) is 2.60. The number of nitrogens with zero attached hydrogens (tertiary/aromatic N) is 1. The van der Waals surface area contributed by atoms with Crippen molar-refractivity contribution in [3.05, 3.63) is 41.1 Å². The number of ether oxygens (including phenoxy) is 2. The molecule has 2 rings (SSSR count). The summed E-state index contributed by atoms with van der Waals surface area (Å²) in [5.74, 6) is -0.638. The van der Waals surface area contributed by atoms with Crippen LogP contribution in [0.4, 0.5) is 0 Å². The van der Waals surface area contributed by atoms with E-state index >= 15 is 0 Å².